The van der Waals surface area contributed by atoms with E-state index in [0.29, 0.717) is 12.5 Å². The van der Waals surface area contributed by atoms with Gasteiger partial charge in [-0.2, -0.15) is 0 Å². The molecule has 15 heteroatoms. The summed E-state index contributed by atoms with van der Waals surface area (Å²) >= 11 is 0. The van der Waals surface area contributed by atoms with Crippen molar-refractivity contribution in [3.63, 3.8) is 0 Å². The number of ether oxygens (including phenoxy) is 3. The zero-order chi connectivity index (χ0) is 44.2. The van der Waals surface area contributed by atoms with Crippen molar-refractivity contribution in [2.45, 2.75) is 95.6 Å². The molecular weight excluding hydrogens is 801 g/mol. The van der Waals surface area contributed by atoms with Gasteiger partial charge >= 0.3 is 12.2 Å². The van der Waals surface area contributed by atoms with Gasteiger partial charge in [0.25, 0.3) is 0 Å². The van der Waals surface area contributed by atoms with Gasteiger partial charge in [-0.05, 0) is 102 Å². The van der Waals surface area contributed by atoms with Gasteiger partial charge in [-0.3, -0.25) is 9.59 Å². The van der Waals surface area contributed by atoms with Gasteiger partial charge in [0, 0.05) is 25.3 Å². The molecule has 4 aliphatic rings. The molecule has 4 heterocycles. The standard InChI is InChI=1S/C48H56N8O7/c1-26(2)39(53-46(59)62-5)45(58)56-35-16-15-34(21-35)41(56)43-50-23-36(52-43)29-9-7-28(8-10-29)30-11-12-32-20-33(14-13-31(32)19-30)37-24-49-42(51-37)38-22-48(17-18-48)25-55(38)44(57)40(27(3)61-4)54-47(60)63-6/h7-14,19-20,23-24,26-27,34-35,38-41H,15-18,21-22,25H2,1-6H3,(H,49,51)(H,50,52)(H,53,59)(H,54,60)/t27-,34+,35-,38+,39+,40+,41+/m1/s1. The highest BCUT2D eigenvalue weighted by atomic mass is 16.5. The van der Waals surface area contributed by atoms with E-state index < -0.39 is 30.4 Å². The number of fused-ring (bicyclic) bond motifs is 3. The smallest absolute Gasteiger partial charge is 0.407 e. The van der Waals surface area contributed by atoms with Gasteiger partial charge < -0.3 is 44.6 Å². The van der Waals surface area contributed by atoms with Gasteiger partial charge in [0.1, 0.15) is 23.7 Å². The number of aromatic amines is 2. The summed E-state index contributed by atoms with van der Waals surface area (Å²) in [5.41, 5.74) is 5.98. The minimum absolute atomic E-state index is 0.0776. The van der Waals surface area contributed by atoms with Gasteiger partial charge in [0.2, 0.25) is 11.8 Å². The van der Waals surface area contributed by atoms with Crippen LogP contribution in [0.3, 0.4) is 0 Å². The molecule has 4 N–H and O–H groups in total. The van der Waals surface area contributed by atoms with Crippen LogP contribution < -0.4 is 10.6 Å². The maximum Gasteiger partial charge on any atom is 0.407 e. The Bertz CT molecular complexity index is 2530. The number of aromatic nitrogens is 4. The van der Waals surface area contributed by atoms with E-state index in [1.165, 1.54) is 21.3 Å². The maximum absolute atomic E-state index is 14.0. The van der Waals surface area contributed by atoms with Crippen LogP contribution in [0.4, 0.5) is 9.59 Å². The highest BCUT2D eigenvalue weighted by molar-refractivity contribution is 5.91. The van der Waals surface area contributed by atoms with Crippen LogP contribution in [0, 0.1) is 17.3 Å². The fraction of sp³-hybridized carbons (Fsp3) is 0.458. The molecule has 0 unspecified atom stereocenters. The topological polar surface area (TPSA) is 184 Å². The van der Waals surface area contributed by atoms with E-state index in [1.807, 2.05) is 36.0 Å². The van der Waals surface area contributed by atoms with E-state index in [0.717, 1.165) is 94.6 Å². The number of hydrogen-bond acceptors (Lipinski definition) is 9. The van der Waals surface area contributed by atoms with Crippen molar-refractivity contribution in [2.24, 2.45) is 17.3 Å². The molecule has 330 valence electrons. The Balaban J connectivity index is 0.894. The summed E-state index contributed by atoms with van der Waals surface area (Å²) in [6, 6.07) is 19.3. The SMILES string of the molecule is COC(=O)N[C@H](C(=O)N1[C@@H]2CC[C@@H](C2)[C@H]1c1ncc(-c2ccc(-c3ccc4cc(-c5cnc([C@@H]6CC7(CC7)CN6C(=O)[C@@H](NC(=O)OC)[C@@H](C)OC)[nH]5)ccc4c3)cc2)[nH]1)C(C)C. The number of methoxy groups -OCH3 is 3. The first-order valence-corrected chi connectivity index (χ1v) is 22.0. The number of hydrogen-bond donors (Lipinski definition) is 4. The number of carbonyl (C=O) groups is 4. The predicted octanol–water partition coefficient (Wildman–Crippen LogP) is 7.53. The summed E-state index contributed by atoms with van der Waals surface area (Å²) in [7, 11) is 4.10. The molecule has 15 nitrogen and oxygen atoms in total. The van der Waals surface area contributed by atoms with Crippen LogP contribution in [0.2, 0.25) is 0 Å². The highest BCUT2D eigenvalue weighted by Gasteiger charge is 2.55. The normalized spacial score (nSPS) is 22.3. The van der Waals surface area contributed by atoms with E-state index in [9.17, 15) is 19.2 Å². The van der Waals surface area contributed by atoms with Crippen molar-refractivity contribution < 1.29 is 33.4 Å². The number of amides is 4. The van der Waals surface area contributed by atoms with E-state index >= 15 is 0 Å². The highest BCUT2D eigenvalue weighted by Crippen LogP contribution is 2.58. The summed E-state index contributed by atoms with van der Waals surface area (Å²) in [6.45, 7) is 6.22. The average molecular weight is 857 g/mol. The first-order chi connectivity index (χ1) is 30.4. The van der Waals surface area contributed by atoms with E-state index in [4.69, 9.17) is 24.2 Å². The Hall–Kier alpha value is -6.22. The van der Waals surface area contributed by atoms with Gasteiger partial charge in [-0.25, -0.2) is 19.6 Å². The number of H-pyrrole nitrogens is 2. The Labute approximate surface area is 366 Å². The Kier molecular flexibility index (Phi) is 11.2. The molecule has 2 aliphatic heterocycles. The molecule has 1 spiro atoms. The predicted molar refractivity (Wildman–Crippen MR) is 236 cm³/mol. The zero-order valence-electron chi connectivity index (χ0n) is 36.6. The maximum atomic E-state index is 14.0. The van der Waals surface area contributed by atoms with Crippen molar-refractivity contribution in [1.29, 1.82) is 0 Å². The van der Waals surface area contributed by atoms with Crippen LogP contribution in [0.1, 0.15) is 83.0 Å². The molecule has 2 aliphatic carbocycles. The Morgan fingerprint density at radius 2 is 1.32 bits per heavy atom. The van der Waals surface area contributed by atoms with Crippen LogP contribution in [0.5, 0.6) is 0 Å². The molecule has 63 heavy (non-hydrogen) atoms. The van der Waals surface area contributed by atoms with E-state index in [-0.39, 0.29) is 41.3 Å². The Morgan fingerprint density at radius 1 is 0.730 bits per heavy atom. The second-order valence-electron chi connectivity index (χ2n) is 18.2. The fourth-order valence-electron chi connectivity index (χ4n) is 10.2. The number of alkyl carbamates (subject to hydrolysis) is 2. The van der Waals surface area contributed by atoms with Crippen molar-refractivity contribution in [2.75, 3.05) is 27.9 Å². The fourth-order valence-corrected chi connectivity index (χ4v) is 10.2. The molecule has 2 bridgehead atoms. The van der Waals surface area contributed by atoms with E-state index in [1.54, 1.807) is 6.92 Å². The van der Waals surface area contributed by atoms with Gasteiger partial charge in [0.15, 0.2) is 0 Å². The minimum Gasteiger partial charge on any atom is -0.453 e. The lowest BCUT2D eigenvalue weighted by atomic mass is 9.95. The summed E-state index contributed by atoms with van der Waals surface area (Å²) in [5.74, 6) is 1.39. The first-order valence-electron chi connectivity index (χ1n) is 22.0. The van der Waals surface area contributed by atoms with Gasteiger partial charge in [-0.15, -0.1) is 0 Å². The zero-order valence-corrected chi connectivity index (χ0v) is 36.6. The number of piperidine rings is 1. The molecule has 9 rings (SSSR count). The molecule has 2 saturated heterocycles. The Morgan fingerprint density at radius 3 is 1.97 bits per heavy atom. The lowest BCUT2D eigenvalue weighted by Gasteiger charge is -2.37. The number of carbonyl (C=O) groups excluding carboxylic acids is 4. The third-order valence-corrected chi connectivity index (χ3v) is 14.0. The molecule has 2 aromatic heterocycles. The molecule has 4 amide bonds. The van der Waals surface area contributed by atoms with Crippen molar-refractivity contribution >= 4 is 34.8 Å². The average Bonchev–Trinajstić information content (AvgIpc) is 3.94. The monoisotopic (exact) mass is 856 g/mol. The number of benzene rings is 3. The van der Waals surface area contributed by atoms with Crippen LogP contribution >= 0.6 is 0 Å². The number of rotatable bonds is 12. The number of nitrogens with one attached hydrogen (secondary N) is 4. The molecule has 0 radical (unpaired) electrons. The molecule has 4 fully saturated rings. The van der Waals surface area contributed by atoms with Crippen LogP contribution in [-0.2, 0) is 23.8 Å². The third-order valence-electron chi connectivity index (χ3n) is 14.0. The second kappa shape index (κ2) is 16.8. The molecule has 3 aromatic carbocycles. The second-order valence-corrected chi connectivity index (χ2v) is 18.2. The first kappa shape index (κ1) is 42.1. The van der Waals surface area contributed by atoms with Gasteiger partial charge in [-0.1, -0.05) is 62.4 Å². The molecule has 7 atom stereocenters. The number of likely N-dealkylation sites (tertiary alicyclic amines) is 2. The molecule has 5 aromatic rings. The molecular formula is C48H56N8O7. The summed E-state index contributed by atoms with van der Waals surface area (Å²) < 4.78 is 15.1. The van der Waals surface area contributed by atoms with Crippen molar-refractivity contribution in [3.8, 4) is 33.6 Å². The van der Waals surface area contributed by atoms with Crippen LogP contribution in [-0.4, -0.2) is 106 Å². The van der Waals surface area contributed by atoms with Crippen LogP contribution in [0.25, 0.3) is 44.4 Å². The van der Waals surface area contributed by atoms with Crippen molar-refractivity contribution in [3.05, 3.63) is 84.7 Å². The quantitative estimate of drug-likeness (QED) is 0.0985. The summed E-state index contributed by atoms with van der Waals surface area (Å²) in [5, 5.41) is 7.63. The lowest BCUT2D eigenvalue weighted by molar-refractivity contribution is -0.139. The summed E-state index contributed by atoms with van der Waals surface area (Å²) in [6.07, 6.45) is 7.68. The van der Waals surface area contributed by atoms with Crippen molar-refractivity contribution in [1.82, 2.24) is 40.4 Å². The van der Waals surface area contributed by atoms with Gasteiger partial charge in [0.05, 0.1) is 56.2 Å². The van der Waals surface area contributed by atoms with Crippen LogP contribution in [0.15, 0.2) is 73.1 Å². The minimum atomic E-state index is -0.896. The number of imidazole rings is 2. The number of nitrogens with zero attached hydrogens (tertiary/aromatic N) is 4. The van der Waals surface area contributed by atoms with E-state index in [2.05, 4.69) is 81.3 Å². The molecule has 2 saturated carbocycles. The third kappa shape index (κ3) is 8.03. The lowest BCUT2D eigenvalue weighted by Crippen LogP contribution is -2.54. The largest absolute Gasteiger partial charge is 0.453 e. The summed E-state index contributed by atoms with van der Waals surface area (Å²) in [4.78, 5) is 72.8.